The smallest absolute Gasteiger partial charge is 0.0547 e. The number of rotatable bonds is 10. The van der Waals surface area contributed by atoms with E-state index in [9.17, 15) is 0 Å². The number of hydrogen-bond acceptors (Lipinski definition) is 1. The largest absolute Gasteiger partial charge is 0.311 e. The number of aromatic nitrogens is 3. The van der Waals surface area contributed by atoms with Crippen LogP contribution in [-0.2, 0) is 0 Å². The Morgan fingerprint density at radius 1 is 0.171 bits per heavy atom. The summed E-state index contributed by atoms with van der Waals surface area (Å²) in [6.07, 6.45) is 0. The number of para-hydroxylation sites is 6. The van der Waals surface area contributed by atoms with Crippen molar-refractivity contribution in [2.75, 3.05) is 4.90 Å². The lowest BCUT2D eigenvalue weighted by Crippen LogP contribution is -2.10. The lowest BCUT2D eigenvalue weighted by Gasteiger charge is -2.26. The van der Waals surface area contributed by atoms with Crippen LogP contribution in [0.4, 0.5) is 17.1 Å². The molecule has 0 saturated carbocycles. The average molecular weight is 1050 g/mol. The standard InChI is InChI=1S/C78H52N4/c1-3-15-61(16-4-1)81-75-25-13-9-21-69(75)71-49-39-59(51-77(71)81)57-31-27-53(28-32-57)55-35-41-63(42-36-55)79(65-45-47-66(48-46-65)80-73-23-11-7-19-67(73)68-20-8-12-24-74(68)80)64-43-37-56(38-44-64)54-29-33-58(34-30-54)60-40-50-72-70-22-10-14-26-76(70)82(78(72)52-60)62-17-5-2-6-18-62/h1-52H. The maximum Gasteiger partial charge on any atom is 0.0547 e. The van der Waals surface area contributed by atoms with Gasteiger partial charge in [0.2, 0.25) is 0 Å². The Hall–Kier alpha value is -10.9. The molecule has 4 heteroatoms. The molecule has 13 aromatic carbocycles. The first kappa shape index (κ1) is 47.1. The monoisotopic (exact) mass is 1040 g/mol. The minimum atomic E-state index is 1.07. The van der Waals surface area contributed by atoms with Gasteiger partial charge in [-0.3, -0.25) is 0 Å². The highest BCUT2D eigenvalue weighted by atomic mass is 15.1. The summed E-state index contributed by atoms with van der Waals surface area (Å²) >= 11 is 0. The molecule has 82 heavy (non-hydrogen) atoms. The molecule has 0 N–H and O–H groups in total. The minimum absolute atomic E-state index is 1.07. The molecule has 0 bridgehead atoms. The van der Waals surface area contributed by atoms with Gasteiger partial charge in [0.15, 0.2) is 0 Å². The number of benzene rings is 13. The van der Waals surface area contributed by atoms with Gasteiger partial charge in [0.25, 0.3) is 0 Å². The third kappa shape index (κ3) is 7.91. The maximum atomic E-state index is 2.38. The first-order valence-electron chi connectivity index (χ1n) is 28.1. The van der Waals surface area contributed by atoms with Gasteiger partial charge < -0.3 is 18.6 Å². The van der Waals surface area contributed by atoms with Crippen LogP contribution in [0.5, 0.6) is 0 Å². The van der Waals surface area contributed by atoms with Gasteiger partial charge in [-0.15, -0.1) is 0 Å². The van der Waals surface area contributed by atoms with Crippen LogP contribution >= 0.6 is 0 Å². The molecule has 16 aromatic rings. The Kier molecular flexibility index (Phi) is 11.2. The van der Waals surface area contributed by atoms with E-state index >= 15 is 0 Å². The van der Waals surface area contributed by atoms with E-state index in [1.807, 2.05) is 0 Å². The first-order chi connectivity index (χ1) is 40.7. The normalized spacial score (nSPS) is 11.7. The van der Waals surface area contributed by atoms with E-state index in [0.29, 0.717) is 0 Å². The molecule has 0 fully saturated rings. The van der Waals surface area contributed by atoms with Crippen molar-refractivity contribution in [2.45, 2.75) is 0 Å². The Bertz CT molecular complexity index is 4730. The SMILES string of the molecule is c1ccc(-n2c3ccccc3c3ccc(-c4ccc(-c5ccc(N(c6ccc(-c7ccc(-c8ccc9c%10ccccc%10n(-c%10ccccc%10)c9c8)cc7)cc6)c6ccc(-n7c8ccccc8c8ccccc87)cc6)cc5)cc4)cc32)cc1. The Morgan fingerprint density at radius 3 is 0.744 bits per heavy atom. The van der Waals surface area contributed by atoms with Gasteiger partial charge in [-0.05, 0) is 154 Å². The third-order valence-electron chi connectivity index (χ3n) is 16.7. The summed E-state index contributed by atoms with van der Waals surface area (Å²) in [5, 5.41) is 7.53. The molecule has 0 aliphatic carbocycles. The van der Waals surface area contributed by atoms with E-state index in [2.05, 4.69) is 334 Å². The Morgan fingerprint density at radius 2 is 0.402 bits per heavy atom. The van der Waals surface area contributed by atoms with Crippen molar-refractivity contribution >= 4 is 82.5 Å². The van der Waals surface area contributed by atoms with E-state index in [4.69, 9.17) is 0 Å². The molecule has 0 radical (unpaired) electrons. The van der Waals surface area contributed by atoms with Crippen LogP contribution in [0.1, 0.15) is 0 Å². The molecular weight excluding hydrogens is 993 g/mol. The van der Waals surface area contributed by atoms with Crippen LogP contribution < -0.4 is 4.90 Å². The van der Waals surface area contributed by atoms with E-state index < -0.39 is 0 Å². The van der Waals surface area contributed by atoms with Gasteiger partial charge >= 0.3 is 0 Å². The topological polar surface area (TPSA) is 18.0 Å². The van der Waals surface area contributed by atoms with Gasteiger partial charge in [-0.25, -0.2) is 0 Å². The molecule has 4 nitrogen and oxygen atoms in total. The lowest BCUT2D eigenvalue weighted by atomic mass is 9.98. The van der Waals surface area contributed by atoms with Gasteiger partial charge in [0, 0.05) is 66.4 Å². The molecule has 3 heterocycles. The molecule has 0 amide bonds. The zero-order valence-electron chi connectivity index (χ0n) is 44.8. The summed E-state index contributed by atoms with van der Waals surface area (Å²) in [6.45, 7) is 0. The van der Waals surface area contributed by atoms with Crippen molar-refractivity contribution in [2.24, 2.45) is 0 Å². The minimum Gasteiger partial charge on any atom is -0.311 e. The van der Waals surface area contributed by atoms with Crippen molar-refractivity contribution in [3.05, 3.63) is 315 Å². The van der Waals surface area contributed by atoms with E-state index in [1.54, 1.807) is 0 Å². The molecule has 16 rings (SSSR count). The first-order valence-corrected chi connectivity index (χ1v) is 28.1. The molecular formula is C78H52N4. The van der Waals surface area contributed by atoms with Crippen LogP contribution in [-0.4, -0.2) is 13.7 Å². The summed E-state index contributed by atoms with van der Waals surface area (Å²) in [6, 6.07) is 115. The van der Waals surface area contributed by atoms with E-state index in [-0.39, 0.29) is 0 Å². The number of nitrogens with zero attached hydrogens (tertiary/aromatic N) is 4. The van der Waals surface area contributed by atoms with Crippen LogP contribution in [0, 0.1) is 0 Å². The molecule has 0 spiro atoms. The van der Waals surface area contributed by atoms with Crippen LogP contribution in [0.15, 0.2) is 315 Å². The maximum absolute atomic E-state index is 2.38. The fourth-order valence-electron chi connectivity index (χ4n) is 12.7. The summed E-state index contributed by atoms with van der Waals surface area (Å²) < 4.78 is 7.15. The fourth-order valence-corrected chi connectivity index (χ4v) is 12.7. The van der Waals surface area contributed by atoms with Crippen LogP contribution in [0.3, 0.4) is 0 Å². The second-order valence-corrected chi connectivity index (χ2v) is 21.3. The molecule has 0 aliphatic rings. The summed E-state index contributed by atoms with van der Waals surface area (Å²) in [7, 11) is 0. The lowest BCUT2D eigenvalue weighted by molar-refractivity contribution is 1.17. The van der Waals surface area contributed by atoms with Crippen molar-refractivity contribution in [3.8, 4) is 61.6 Å². The Balaban J connectivity index is 0.722. The molecule has 384 valence electrons. The van der Waals surface area contributed by atoms with Crippen LogP contribution in [0.2, 0.25) is 0 Å². The van der Waals surface area contributed by atoms with Crippen molar-refractivity contribution in [1.82, 2.24) is 13.7 Å². The highest BCUT2D eigenvalue weighted by Gasteiger charge is 2.19. The van der Waals surface area contributed by atoms with E-state index in [0.717, 1.165) is 45.3 Å². The number of anilines is 3. The average Bonchev–Trinajstić information content (AvgIpc) is 4.41. The highest BCUT2D eigenvalue weighted by molar-refractivity contribution is 6.12. The summed E-state index contributed by atoms with van der Waals surface area (Å²) in [5.74, 6) is 0. The fraction of sp³-hybridized carbons (Fsp3) is 0. The van der Waals surface area contributed by atoms with Crippen molar-refractivity contribution in [3.63, 3.8) is 0 Å². The third-order valence-corrected chi connectivity index (χ3v) is 16.7. The van der Waals surface area contributed by atoms with Crippen molar-refractivity contribution in [1.29, 1.82) is 0 Å². The highest BCUT2D eigenvalue weighted by Crippen LogP contribution is 2.41. The predicted octanol–water partition coefficient (Wildman–Crippen LogP) is 21.1. The summed E-state index contributed by atoms with van der Waals surface area (Å²) in [4.78, 5) is 2.37. The van der Waals surface area contributed by atoms with Gasteiger partial charge in [-0.1, -0.05) is 206 Å². The van der Waals surface area contributed by atoms with Gasteiger partial charge in [-0.2, -0.15) is 0 Å². The van der Waals surface area contributed by atoms with Gasteiger partial charge in [0.05, 0.1) is 33.1 Å². The van der Waals surface area contributed by atoms with Crippen molar-refractivity contribution < 1.29 is 0 Å². The number of fused-ring (bicyclic) bond motifs is 9. The predicted molar refractivity (Wildman–Crippen MR) is 346 cm³/mol. The zero-order valence-corrected chi connectivity index (χ0v) is 44.8. The molecule has 0 aliphatic heterocycles. The second kappa shape index (κ2) is 19.5. The Labute approximate surface area is 475 Å². The molecule has 0 saturated heterocycles. The van der Waals surface area contributed by atoms with Gasteiger partial charge in [0.1, 0.15) is 0 Å². The second-order valence-electron chi connectivity index (χ2n) is 21.3. The number of hydrogen-bond donors (Lipinski definition) is 0. The molecule has 3 aromatic heterocycles. The summed E-state index contributed by atoms with van der Waals surface area (Å²) in [5.41, 5.74) is 23.3. The van der Waals surface area contributed by atoms with Crippen LogP contribution in [0.25, 0.3) is 127 Å². The molecule has 0 atom stereocenters. The molecule has 0 unspecified atom stereocenters. The zero-order chi connectivity index (χ0) is 54.1. The quantitative estimate of drug-likeness (QED) is 0.133. The van der Waals surface area contributed by atoms with E-state index in [1.165, 1.54) is 98.8 Å².